The van der Waals surface area contributed by atoms with Crippen molar-refractivity contribution in [3.8, 4) is 0 Å². The van der Waals surface area contributed by atoms with Crippen molar-refractivity contribution in [2.45, 2.75) is 6.92 Å². The van der Waals surface area contributed by atoms with Gasteiger partial charge in [-0.15, -0.1) is 0 Å². The Morgan fingerprint density at radius 3 is 2.83 bits per heavy atom. The highest BCUT2D eigenvalue weighted by molar-refractivity contribution is 9.10. The number of aromatic nitrogens is 1. The minimum atomic E-state index is -0.402. The number of carbonyl (C=O) groups excluding carboxylic acids is 1. The van der Waals surface area contributed by atoms with E-state index in [9.17, 15) is 9.18 Å². The third kappa shape index (κ3) is 2.73. The van der Waals surface area contributed by atoms with Gasteiger partial charge in [0.25, 0.3) is 5.91 Å². The average Bonchev–Trinajstić information content (AvgIpc) is 2.35. The average molecular weight is 309 g/mol. The number of halogens is 2. The summed E-state index contributed by atoms with van der Waals surface area (Å²) >= 11 is 3.04. The summed E-state index contributed by atoms with van der Waals surface area (Å²) in [6.45, 7) is 1.85. The number of hydrogen-bond acceptors (Lipinski definition) is 2. The first-order valence-electron chi connectivity index (χ1n) is 5.26. The van der Waals surface area contributed by atoms with Crippen LogP contribution in [0.1, 0.15) is 15.9 Å². The number of carbonyl (C=O) groups is 1. The van der Waals surface area contributed by atoms with Crippen molar-refractivity contribution < 1.29 is 9.18 Å². The topological polar surface area (TPSA) is 42.0 Å². The van der Waals surface area contributed by atoms with Crippen molar-refractivity contribution in [2.24, 2.45) is 0 Å². The Bertz CT molecular complexity index is 601. The third-order valence-electron chi connectivity index (χ3n) is 2.42. The molecule has 1 amide bonds. The largest absolute Gasteiger partial charge is 0.306 e. The van der Waals surface area contributed by atoms with Crippen LogP contribution < -0.4 is 5.32 Å². The maximum absolute atomic E-state index is 13.1. The summed E-state index contributed by atoms with van der Waals surface area (Å²) in [7, 11) is 0. The third-order valence-corrected chi connectivity index (χ3v) is 3.03. The second-order valence-electron chi connectivity index (χ2n) is 3.75. The van der Waals surface area contributed by atoms with Crippen LogP contribution in [0, 0.1) is 12.7 Å². The molecule has 0 saturated carbocycles. The normalized spacial score (nSPS) is 10.2. The van der Waals surface area contributed by atoms with Crippen molar-refractivity contribution in [3.05, 3.63) is 57.9 Å². The molecule has 0 unspecified atom stereocenters. The number of amides is 1. The number of hydrogen-bond donors (Lipinski definition) is 1. The van der Waals surface area contributed by atoms with Gasteiger partial charge in [0.2, 0.25) is 0 Å². The first kappa shape index (κ1) is 12.7. The second-order valence-corrected chi connectivity index (χ2v) is 4.61. The summed E-state index contributed by atoms with van der Waals surface area (Å²) in [6, 6.07) is 7.74. The summed E-state index contributed by atoms with van der Waals surface area (Å²) in [5.41, 5.74) is 1.24. The standard InChI is InChI=1S/C13H10BrFN2O/c1-8-3-2-6-16-12(8)17-13(18)9-4-5-11(15)10(14)7-9/h2-7H,1H3,(H,16,17,18). The number of rotatable bonds is 2. The molecule has 18 heavy (non-hydrogen) atoms. The van der Waals surface area contributed by atoms with Crippen LogP contribution in [0.2, 0.25) is 0 Å². The van der Waals surface area contributed by atoms with Gasteiger partial charge in [-0.05, 0) is 52.7 Å². The van der Waals surface area contributed by atoms with Crippen LogP contribution in [0.25, 0.3) is 0 Å². The first-order chi connectivity index (χ1) is 8.58. The summed E-state index contributed by atoms with van der Waals surface area (Å²) in [4.78, 5) is 16.0. The highest BCUT2D eigenvalue weighted by Crippen LogP contribution is 2.18. The van der Waals surface area contributed by atoms with Gasteiger partial charge in [0, 0.05) is 11.8 Å². The molecule has 5 heteroatoms. The molecule has 0 aliphatic heterocycles. The van der Waals surface area contributed by atoms with Crippen LogP contribution in [0.4, 0.5) is 10.2 Å². The minimum absolute atomic E-state index is 0.257. The Labute approximate surface area is 112 Å². The molecule has 0 aliphatic rings. The van der Waals surface area contributed by atoms with Crippen LogP contribution in [-0.4, -0.2) is 10.9 Å². The maximum Gasteiger partial charge on any atom is 0.256 e. The van der Waals surface area contributed by atoms with E-state index in [0.717, 1.165) is 5.56 Å². The fourth-order valence-corrected chi connectivity index (χ4v) is 1.81. The van der Waals surface area contributed by atoms with E-state index in [4.69, 9.17) is 0 Å². The van der Waals surface area contributed by atoms with E-state index in [-0.39, 0.29) is 10.4 Å². The number of anilines is 1. The van der Waals surface area contributed by atoms with Gasteiger partial charge in [-0.1, -0.05) is 6.07 Å². The van der Waals surface area contributed by atoms with Crippen LogP contribution in [0.3, 0.4) is 0 Å². The van der Waals surface area contributed by atoms with E-state index in [1.165, 1.54) is 18.2 Å². The number of nitrogens with zero attached hydrogens (tertiary/aromatic N) is 1. The Kier molecular flexibility index (Phi) is 3.72. The highest BCUT2D eigenvalue weighted by Gasteiger charge is 2.10. The summed E-state index contributed by atoms with van der Waals surface area (Å²) < 4.78 is 13.3. The Morgan fingerprint density at radius 1 is 1.39 bits per heavy atom. The zero-order valence-electron chi connectivity index (χ0n) is 9.58. The molecule has 0 saturated heterocycles. The van der Waals surface area contributed by atoms with Gasteiger partial charge in [-0.2, -0.15) is 0 Å². The molecule has 3 nitrogen and oxygen atoms in total. The molecule has 2 aromatic rings. The Morgan fingerprint density at radius 2 is 2.17 bits per heavy atom. The zero-order chi connectivity index (χ0) is 13.1. The summed E-state index contributed by atoms with van der Waals surface area (Å²) in [5, 5.41) is 2.68. The van der Waals surface area contributed by atoms with Crippen molar-refractivity contribution >= 4 is 27.7 Å². The van der Waals surface area contributed by atoms with Crippen molar-refractivity contribution in [2.75, 3.05) is 5.32 Å². The van der Waals surface area contributed by atoms with E-state index in [1.807, 2.05) is 13.0 Å². The van der Waals surface area contributed by atoms with Gasteiger partial charge in [-0.3, -0.25) is 4.79 Å². The van der Waals surface area contributed by atoms with Crippen molar-refractivity contribution in [1.29, 1.82) is 0 Å². The van der Waals surface area contributed by atoms with E-state index < -0.39 is 5.82 Å². The fourth-order valence-electron chi connectivity index (χ4n) is 1.43. The second kappa shape index (κ2) is 5.27. The van der Waals surface area contributed by atoms with E-state index in [1.54, 1.807) is 12.3 Å². The Balaban J connectivity index is 2.22. The van der Waals surface area contributed by atoms with Crippen LogP contribution in [0.15, 0.2) is 41.0 Å². The predicted molar refractivity (Wildman–Crippen MR) is 71.0 cm³/mol. The molecule has 92 valence electrons. The molecule has 1 aromatic heterocycles. The molecule has 0 aliphatic carbocycles. The zero-order valence-corrected chi connectivity index (χ0v) is 11.2. The molecule has 0 bridgehead atoms. The molecule has 0 fully saturated rings. The number of nitrogens with one attached hydrogen (secondary N) is 1. The Hall–Kier alpha value is -1.75. The van der Waals surface area contributed by atoms with Gasteiger partial charge in [-0.25, -0.2) is 9.37 Å². The lowest BCUT2D eigenvalue weighted by Crippen LogP contribution is -2.13. The predicted octanol–water partition coefficient (Wildman–Crippen LogP) is 3.54. The number of pyridine rings is 1. The molecule has 1 N–H and O–H groups in total. The minimum Gasteiger partial charge on any atom is -0.306 e. The maximum atomic E-state index is 13.1. The van der Waals surface area contributed by atoms with Gasteiger partial charge >= 0.3 is 0 Å². The van der Waals surface area contributed by atoms with Gasteiger partial charge in [0.05, 0.1) is 4.47 Å². The molecule has 1 heterocycles. The first-order valence-corrected chi connectivity index (χ1v) is 6.05. The smallest absolute Gasteiger partial charge is 0.256 e. The number of aryl methyl sites for hydroxylation is 1. The molecule has 2 rings (SSSR count). The van der Waals surface area contributed by atoms with Crippen molar-refractivity contribution in [3.63, 3.8) is 0 Å². The monoisotopic (exact) mass is 308 g/mol. The molecule has 0 spiro atoms. The lowest BCUT2D eigenvalue weighted by molar-refractivity contribution is 0.102. The quantitative estimate of drug-likeness (QED) is 0.922. The lowest BCUT2D eigenvalue weighted by atomic mass is 10.2. The summed E-state index contributed by atoms with van der Waals surface area (Å²) in [6.07, 6.45) is 1.60. The SMILES string of the molecule is Cc1cccnc1NC(=O)c1ccc(F)c(Br)c1. The summed E-state index contributed by atoms with van der Waals surface area (Å²) in [5.74, 6) is -0.221. The molecule has 0 radical (unpaired) electrons. The van der Waals surface area contributed by atoms with Crippen LogP contribution >= 0.6 is 15.9 Å². The van der Waals surface area contributed by atoms with Gasteiger partial charge in [0.1, 0.15) is 11.6 Å². The van der Waals surface area contributed by atoms with Crippen molar-refractivity contribution in [1.82, 2.24) is 4.98 Å². The molecule has 1 aromatic carbocycles. The van der Waals surface area contributed by atoms with Gasteiger partial charge < -0.3 is 5.32 Å². The van der Waals surface area contributed by atoms with E-state index in [2.05, 4.69) is 26.2 Å². The molecular formula is C13H10BrFN2O. The van der Waals surface area contributed by atoms with Gasteiger partial charge in [0.15, 0.2) is 0 Å². The highest BCUT2D eigenvalue weighted by atomic mass is 79.9. The van der Waals surface area contributed by atoms with E-state index >= 15 is 0 Å². The number of benzene rings is 1. The molecular weight excluding hydrogens is 299 g/mol. The lowest BCUT2D eigenvalue weighted by Gasteiger charge is -2.07. The molecule has 0 atom stereocenters. The van der Waals surface area contributed by atoms with E-state index in [0.29, 0.717) is 11.4 Å². The van der Waals surface area contributed by atoms with Crippen LogP contribution in [0.5, 0.6) is 0 Å². The fraction of sp³-hybridized carbons (Fsp3) is 0.0769. The van der Waals surface area contributed by atoms with Crippen LogP contribution in [-0.2, 0) is 0 Å².